The average Bonchev–Trinajstić information content (AvgIpc) is 2.37. The summed E-state index contributed by atoms with van der Waals surface area (Å²) >= 11 is 3.08. The summed E-state index contributed by atoms with van der Waals surface area (Å²) < 4.78 is 55.0. The number of rotatable bonds is 5. The van der Waals surface area contributed by atoms with Gasteiger partial charge in [0.1, 0.15) is 11.4 Å². The van der Waals surface area contributed by atoms with Crippen LogP contribution in [0.4, 0.5) is 13.2 Å². The van der Waals surface area contributed by atoms with Crippen LogP contribution in [-0.2, 0) is 16.5 Å². The molecule has 0 aliphatic rings. The van der Waals surface area contributed by atoms with Gasteiger partial charge in [-0.1, -0.05) is 15.9 Å². The van der Waals surface area contributed by atoms with Gasteiger partial charge in [0, 0.05) is 10.0 Å². The van der Waals surface area contributed by atoms with Gasteiger partial charge in [0.25, 0.3) is 6.43 Å². The van der Waals surface area contributed by atoms with Crippen LogP contribution in [0.3, 0.4) is 0 Å². The first-order chi connectivity index (χ1) is 9.54. The van der Waals surface area contributed by atoms with E-state index in [1.54, 1.807) is 20.8 Å². The molecule has 2 N–H and O–H groups in total. The van der Waals surface area contributed by atoms with Crippen LogP contribution in [0, 0.1) is 5.82 Å². The van der Waals surface area contributed by atoms with Crippen molar-refractivity contribution in [3.05, 3.63) is 34.1 Å². The van der Waals surface area contributed by atoms with Crippen molar-refractivity contribution < 1.29 is 22.5 Å². The number of nitrogens with one attached hydrogen (secondary N) is 1. The topological polar surface area (TPSA) is 49.3 Å². The molecule has 3 nitrogen and oxygen atoms in total. The molecule has 1 aromatic carbocycles. The predicted molar refractivity (Wildman–Crippen MR) is 79.9 cm³/mol. The van der Waals surface area contributed by atoms with E-state index in [1.807, 2.05) is 0 Å². The Kier molecular flexibility index (Phi) is 5.99. The number of aliphatic hydroxyl groups is 1. The second kappa shape index (κ2) is 6.76. The number of hydrogen-bond donors (Lipinski definition) is 2. The van der Waals surface area contributed by atoms with Crippen LogP contribution < -0.4 is 4.72 Å². The van der Waals surface area contributed by atoms with E-state index in [0.717, 1.165) is 12.1 Å². The minimum atomic E-state index is -3.16. The lowest BCUT2D eigenvalue weighted by atomic mass is 9.92. The first-order valence-electron chi connectivity index (χ1n) is 6.09. The standard InChI is InChI=1S/C13H17BrF3NO2S/c1-12(2,3)21(20)18-13(7-19,11(16)17)9-6-8(14)4-5-10(9)15/h4-6,11,18-19H,7H2,1-3H3/t13-,21?/m0/s1. The fourth-order valence-corrected chi connectivity index (χ4v) is 2.82. The molecule has 0 saturated heterocycles. The van der Waals surface area contributed by atoms with E-state index in [9.17, 15) is 22.5 Å². The van der Waals surface area contributed by atoms with Crippen LogP contribution in [0.25, 0.3) is 0 Å². The number of hydrogen-bond acceptors (Lipinski definition) is 2. The summed E-state index contributed by atoms with van der Waals surface area (Å²) in [4.78, 5) is 0. The molecule has 8 heteroatoms. The smallest absolute Gasteiger partial charge is 0.263 e. The molecule has 0 aliphatic carbocycles. The van der Waals surface area contributed by atoms with Crippen molar-refractivity contribution in [2.24, 2.45) is 0 Å². The molecular weight excluding hydrogens is 371 g/mol. The van der Waals surface area contributed by atoms with Gasteiger partial charge in [0.05, 0.1) is 22.3 Å². The van der Waals surface area contributed by atoms with E-state index in [1.165, 1.54) is 6.07 Å². The van der Waals surface area contributed by atoms with Crippen molar-refractivity contribution in [2.45, 2.75) is 37.5 Å². The minimum Gasteiger partial charge on any atom is -0.394 e. The van der Waals surface area contributed by atoms with Crippen LogP contribution in [0.5, 0.6) is 0 Å². The molecule has 0 bridgehead atoms. The van der Waals surface area contributed by atoms with Crippen LogP contribution >= 0.6 is 15.9 Å². The summed E-state index contributed by atoms with van der Waals surface area (Å²) in [5.41, 5.74) is -2.88. The molecular formula is C13H17BrF3NO2S. The third-order valence-electron chi connectivity index (χ3n) is 2.86. The number of alkyl halides is 2. The highest BCUT2D eigenvalue weighted by Crippen LogP contribution is 2.33. The van der Waals surface area contributed by atoms with Gasteiger partial charge in [-0.15, -0.1) is 0 Å². The van der Waals surface area contributed by atoms with Crippen molar-refractivity contribution in [1.82, 2.24) is 4.72 Å². The van der Waals surface area contributed by atoms with Gasteiger partial charge in [-0.05, 0) is 39.0 Å². The van der Waals surface area contributed by atoms with Gasteiger partial charge >= 0.3 is 0 Å². The van der Waals surface area contributed by atoms with E-state index in [-0.39, 0.29) is 0 Å². The molecule has 2 atom stereocenters. The van der Waals surface area contributed by atoms with Gasteiger partial charge in [0.2, 0.25) is 0 Å². The lowest BCUT2D eigenvalue weighted by Gasteiger charge is -2.35. The Hall–Kier alpha value is -0.440. The second-order valence-electron chi connectivity index (χ2n) is 5.54. The SMILES string of the molecule is CC(C)(C)S(=O)N[C@@](CO)(c1cc(Br)ccc1F)C(F)F. The first kappa shape index (κ1) is 18.6. The maximum Gasteiger partial charge on any atom is 0.263 e. The van der Waals surface area contributed by atoms with Gasteiger partial charge in [-0.3, -0.25) is 0 Å². The van der Waals surface area contributed by atoms with Gasteiger partial charge in [0.15, 0.2) is 0 Å². The molecule has 1 aromatic rings. The average molecular weight is 388 g/mol. The zero-order valence-corrected chi connectivity index (χ0v) is 14.2. The molecule has 0 heterocycles. The fourth-order valence-electron chi connectivity index (χ4n) is 1.56. The molecule has 21 heavy (non-hydrogen) atoms. The van der Waals surface area contributed by atoms with Gasteiger partial charge in [-0.2, -0.15) is 0 Å². The Morgan fingerprint density at radius 2 is 1.95 bits per heavy atom. The molecule has 0 radical (unpaired) electrons. The highest BCUT2D eigenvalue weighted by Gasteiger charge is 2.46. The molecule has 0 amide bonds. The number of benzene rings is 1. The van der Waals surface area contributed by atoms with Crippen molar-refractivity contribution >= 4 is 26.9 Å². The van der Waals surface area contributed by atoms with E-state index < -0.39 is 45.7 Å². The summed E-state index contributed by atoms with van der Waals surface area (Å²) in [6.45, 7) is 3.66. The van der Waals surface area contributed by atoms with E-state index in [0.29, 0.717) is 4.47 Å². The van der Waals surface area contributed by atoms with Crippen molar-refractivity contribution in [1.29, 1.82) is 0 Å². The Bertz CT molecular complexity index is 537. The molecule has 0 saturated carbocycles. The van der Waals surface area contributed by atoms with Crippen LogP contribution in [0.15, 0.2) is 22.7 Å². The Morgan fingerprint density at radius 1 is 1.38 bits per heavy atom. The maximum absolute atomic E-state index is 14.0. The Labute approximate surface area is 132 Å². The summed E-state index contributed by atoms with van der Waals surface area (Å²) in [6.07, 6.45) is -3.16. The van der Waals surface area contributed by atoms with Crippen LogP contribution in [0.2, 0.25) is 0 Å². The van der Waals surface area contributed by atoms with Crippen molar-refractivity contribution in [3.63, 3.8) is 0 Å². The quantitative estimate of drug-likeness (QED) is 0.815. The molecule has 120 valence electrons. The highest BCUT2D eigenvalue weighted by atomic mass is 79.9. The van der Waals surface area contributed by atoms with Crippen LogP contribution in [-0.4, -0.2) is 27.1 Å². The largest absolute Gasteiger partial charge is 0.394 e. The summed E-state index contributed by atoms with van der Waals surface area (Å²) in [6, 6.07) is 3.51. The molecule has 0 aromatic heterocycles. The summed E-state index contributed by atoms with van der Waals surface area (Å²) in [7, 11) is -1.91. The fraction of sp³-hybridized carbons (Fsp3) is 0.538. The van der Waals surface area contributed by atoms with Gasteiger partial charge < -0.3 is 5.11 Å². The molecule has 0 aliphatic heterocycles. The first-order valence-corrected chi connectivity index (χ1v) is 8.03. The van der Waals surface area contributed by atoms with Crippen LogP contribution in [0.1, 0.15) is 26.3 Å². The second-order valence-corrected chi connectivity index (χ2v) is 8.42. The monoisotopic (exact) mass is 387 g/mol. The molecule has 0 spiro atoms. The predicted octanol–water partition coefficient (Wildman–Crippen LogP) is 3.09. The molecule has 1 unspecified atom stereocenters. The van der Waals surface area contributed by atoms with Crippen molar-refractivity contribution in [3.8, 4) is 0 Å². The molecule has 0 fully saturated rings. The summed E-state index contributed by atoms with van der Waals surface area (Å²) in [5.74, 6) is -0.911. The zero-order chi connectivity index (χ0) is 16.4. The number of halogens is 4. The van der Waals surface area contributed by atoms with Crippen molar-refractivity contribution in [2.75, 3.05) is 6.61 Å². The molecule has 1 rings (SSSR count). The lowest BCUT2D eigenvalue weighted by molar-refractivity contribution is 0.00353. The van der Waals surface area contributed by atoms with E-state index in [2.05, 4.69) is 20.7 Å². The maximum atomic E-state index is 14.0. The van der Waals surface area contributed by atoms with E-state index >= 15 is 0 Å². The third-order valence-corrected chi connectivity index (χ3v) is 5.02. The van der Waals surface area contributed by atoms with Gasteiger partial charge in [-0.25, -0.2) is 22.1 Å². The number of aliphatic hydroxyl groups excluding tert-OH is 1. The Balaban J connectivity index is 3.40. The Morgan fingerprint density at radius 3 is 2.38 bits per heavy atom. The normalized spacial score (nSPS) is 16.8. The lowest BCUT2D eigenvalue weighted by Crippen LogP contribution is -2.55. The minimum absolute atomic E-state index is 0.376. The van der Waals surface area contributed by atoms with E-state index in [4.69, 9.17) is 0 Å². The summed E-state index contributed by atoms with van der Waals surface area (Å²) in [5, 5.41) is 9.47. The third kappa shape index (κ3) is 4.06. The highest BCUT2D eigenvalue weighted by molar-refractivity contribution is 9.10. The zero-order valence-electron chi connectivity index (χ0n) is 11.8.